The molecule has 0 bridgehead atoms. The van der Waals surface area contributed by atoms with Gasteiger partial charge in [0.2, 0.25) is 5.91 Å². The molecule has 0 unspecified atom stereocenters. The molecule has 0 spiro atoms. The van der Waals surface area contributed by atoms with Gasteiger partial charge in [0, 0.05) is 36.3 Å². The molecular formula is C24H31N3O5S. The predicted molar refractivity (Wildman–Crippen MR) is 127 cm³/mol. The molecule has 3 rings (SSSR count). The molecule has 0 aliphatic carbocycles. The van der Waals surface area contributed by atoms with Crippen molar-refractivity contribution in [2.24, 2.45) is 5.92 Å². The van der Waals surface area contributed by atoms with Crippen molar-refractivity contribution in [3.05, 3.63) is 54.1 Å². The van der Waals surface area contributed by atoms with E-state index in [1.54, 1.807) is 24.3 Å². The number of nitrogens with one attached hydrogen (secondary N) is 2. The van der Waals surface area contributed by atoms with Crippen molar-refractivity contribution in [3.63, 3.8) is 0 Å². The van der Waals surface area contributed by atoms with Crippen LogP contribution in [0.15, 0.2) is 53.4 Å². The van der Waals surface area contributed by atoms with Crippen LogP contribution >= 0.6 is 0 Å². The third kappa shape index (κ3) is 6.47. The molecule has 2 N–H and O–H groups in total. The molecule has 2 amide bonds. The zero-order valence-corrected chi connectivity index (χ0v) is 20.0. The molecule has 0 saturated carbocycles. The monoisotopic (exact) mass is 473 g/mol. The van der Waals surface area contributed by atoms with Crippen LogP contribution in [-0.2, 0) is 14.8 Å². The van der Waals surface area contributed by atoms with E-state index in [1.165, 1.54) is 24.3 Å². The Morgan fingerprint density at radius 2 is 1.64 bits per heavy atom. The maximum Gasteiger partial charge on any atom is 0.261 e. The van der Waals surface area contributed by atoms with E-state index < -0.39 is 10.0 Å². The summed E-state index contributed by atoms with van der Waals surface area (Å²) in [5.74, 6) is 0.505. The summed E-state index contributed by atoms with van der Waals surface area (Å²) in [7, 11) is -3.79. The Morgan fingerprint density at radius 3 is 2.18 bits per heavy atom. The van der Waals surface area contributed by atoms with Crippen molar-refractivity contribution in [3.8, 4) is 5.75 Å². The Hall–Kier alpha value is -3.07. The highest BCUT2D eigenvalue weighted by atomic mass is 32.2. The molecule has 178 valence electrons. The Balaban J connectivity index is 1.56. The van der Waals surface area contributed by atoms with Crippen molar-refractivity contribution in [2.45, 2.75) is 44.6 Å². The Bertz CT molecular complexity index is 1060. The molecule has 1 aliphatic heterocycles. The Kier molecular flexibility index (Phi) is 7.97. The summed E-state index contributed by atoms with van der Waals surface area (Å²) >= 11 is 0. The first-order valence-electron chi connectivity index (χ1n) is 11.1. The van der Waals surface area contributed by atoms with Crippen molar-refractivity contribution in [1.82, 2.24) is 10.2 Å². The number of hydrogen-bond acceptors (Lipinski definition) is 5. The molecule has 9 heteroatoms. The SMILES string of the molecule is CCOc1ccc(NS(=O)(=O)c2ccc(C(=O)NC3CCN(C(=O)C(C)C)CC3)cc2)cc1. The molecule has 1 heterocycles. The maximum absolute atomic E-state index is 12.7. The minimum atomic E-state index is -3.79. The number of anilines is 1. The summed E-state index contributed by atoms with van der Waals surface area (Å²) in [6.45, 7) is 7.41. The first-order valence-corrected chi connectivity index (χ1v) is 12.6. The number of benzene rings is 2. The number of sulfonamides is 1. The zero-order valence-electron chi connectivity index (χ0n) is 19.2. The van der Waals surface area contributed by atoms with Gasteiger partial charge < -0.3 is 15.0 Å². The second-order valence-electron chi connectivity index (χ2n) is 8.31. The third-order valence-corrected chi connectivity index (χ3v) is 6.88. The normalized spacial score (nSPS) is 14.7. The molecular weight excluding hydrogens is 442 g/mol. The van der Waals surface area contributed by atoms with E-state index in [0.717, 1.165) is 0 Å². The van der Waals surface area contributed by atoms with Crippen LogP contribution in [0.2, 0.25) is 0 Å². The summed E-state index contributed by atoms with van der Waals surface area (Å²) in [6.07, 6.45) is 1.39. The van der Waals surface area contributed by atoms with Gasteiger partial charge in [-0.2, -0.15) is 0 Å². The van der Waals surface area contributed by atoms with Gasteiger partial charge in [0.05, 0.1) is 11.5 Å². The van der Waals surface area contributed by atoms with Crippen LogP contribution in [0, 0.1) is 5.92 Å². The fourth-order valence-electron chi connectivity index (χ4n) is 3.66. The summed E-state index contributed by atoms with van der Waals surface area (Å²) in [4.78, 5) is 26.6. The average Bonchev–Trinajstić information content (AvgIpc) is 2.80. The Morgan fingerprint density at radius 1 is 1.03 bits per heavy atom. The summed E-state index contributed by atoms with van der Waals surface area (Å²) in [5, 5.41) is 2.98. The lowest BCUT2D eigenvalue weighted by molar-refractivity contribution is -0.135. The van der Waals surface area contributed by atoms with Crippen LogP contribution in [0.4, 0.5) is 5.69 Å². The molecule has 1 fully saturated rings. The van der Waals surface area contributed by atoms with Gasteiger partial charge in [-0.15, -0.1) is 0 Å². The average molecular weight is 474 g/mol. The zero-order chi connectivity index (χ0) is 24.0. The summed E-state index contributed by atoms with van der Waals surface area (Å²) in [5.41, 5.74) is 0.804. The second kappa shape index (κ2) is 10.7. The van der Waals surface area contributed by atoms with E-state index >= 15 is 0 Å². The molecule has 33 heavy (non-hydrogen) atoms. The number of ether oxygens (including phenoxy) is 1. The first-order chi connectivity index (χ1) is 15.7. The number of carbonyl (C=O) groups is 2. The molecule has 0 atom stereocenters. The number of carbonyl (C=O) groups excluding carboxylic acids is 2. The number of rotatable bonds is 8. The van der Waals surface area contributed by atoms with Crippen molar-refractivity contribution in [1.29, 1.82) is 0 Å². The van der Waals surface area contributed by atoms with Crippen LogP contribution < -0.4 is 14.8 Å². The fourth-order valence-corrected chi connectivity index (χ4v) is 4.72. The topological polar surface area (TPSA) is 105 Å². The molecule has 0 aromatic heterocycles. The van der Waals surface area contributed by atoms with Gasteiger partial charge in [-0.05, 0) is 68.3 Å². The number of piperidine rings is 1. The van der Waals surface area contributed by atoms with Crippen LogP contribution in [0.25, 0.3) is 0 Å². The van der Waals surface area contributed by atoms with Gasteiger partial charge in [-0.1, -0.05) is 13.8 Å². The minimum Gasteiger partial charge on any atom is -0.494 e. The van der Waals surface area contributed by atoms with Crippen LogP contribution in [-0.4, -0.2) is 50.9 Å². The molecule has 1 aliphatic rings. The lowest BCUT2D eigenvalue weighted by Crippen LogP contribution is -2.47. The number of amides is 2. The molecule has 2 aromatic rings. The highest BCUT2D eigenvalue weighted by Crippen LogP contribution is 2.20. The van der Waals surface area contributed by atoms with E-state index in [0.29, 0.717) is 49.5 Å². The second-order valence-corrected chi connectivity index (χ2v) is 10.00. The van der Waals surface area contributed by atoms with Gasteiger partial charge in [0.15, 0.2) is 0 Å². The number of nitrogens with zero attached hydrogens (tertiary/aromatic N) is 1. The fraction of sp³-hybridized carbons (Fsp3) is 0.417. The Labute approximate surface area is 195 Å². The van der Waals surface area contributed by atoms with E-state index in [-0.39, 0.29) is 28.7 Å². The van der Waals surface area contributed by atoms with Gasteiger partial charge >= 0.3 is 0 Å². The van der Waals surface area contributed by atoms with E-state index in [9.17, 15) is 18.0 Å². The van der Waals surface area contributed by atoms with Gasteiger partial charge in [-0.3, -0.25) is 14.3 Å². The van der Waals surface area contributed by atoms with Gasteiger partial charge in [0.25, 0.3) is 15.9 Å². The number of hydrogen-bond donors (Lipinski definition) is 2. The maximum atomic E-state index is 12.7. The molecule has 1 saturated heterocycles. The minimum absolute atomic E-state index is 0.0153. The number of likely N-dealkylation sites (tertiary alicyclic amines) is 1. The first kappa shape index (κ1) is 24.6. The van der Waals surface area contributed by atoms with Crippen LogP contribution in [0.1, 0.15) is 44.0 Å². The smallest absolute Gasteiger partial charge is 0.261 e. The molecule has 2 aromatic carbocycles. The molecule has 8 nitrogen and oxygen atoms in total. The quantitative estimate of drug-likeness (QED) is 0.612. The predicted octanol–water partition coefficient (Wildman–Crippen LogP) is 3.26. The van der Waals surface area contributed by atoms with Crippen molar-refractivity contribution in [2.75, 3.05) is 24.4 Å². The van der Waals surface area contributed by atoms with E-state index in [2.05, 4.69) is 10.0 Å². The lowest BCUT2D eigenvalue weighted by atomic mass is 10.0. The standard InChI is InChI=1S/C24H31N3O5S/c1-4-32-21-9-7-20(8-10-21)26-33(30,31)22-11-5-18(6-12-22)23(28)25-19-13-15-27(16-14-19)24(29)17(2)3/h5-12,17,19,26H,4,13-16H2,1-3H3,(H,25,28). The third-order valence-electron chi connectivity index (χ3n) is 5.48. The van der Waals surface area contributed by atoms with Crippen molar-refractivity contribution >= 4 is 27.5 Å². The van der Waals surface area contributed by atoms with E-state index in [1.807, 2.05) is 25.7 Å². The highest BCUT2D eigenvalue weighted by Gasteiger charge is 2.25. The largest absolute Gasteiger partial charge is 0.494 e. The van der Waals surface area contributed by atoms with Gasteiger partial charge in [-0.25, -0.2) is 8.42 Å². The van der Waals surface area contributed by atoms with E-state index in [4.69, 9.17) is 4.74 Å². The lowest BCUT2D eigenvalue weighted by Gasteiger charge is -2.33. The highest BCUT2D eigenvalue weighted by molar-refractivity contribution is 7.92. The van der Waals surface area contributed by atoms with Crippen LogP contribution in [0.3, 0.4) is 0 Å². The van der Waals surface area contributed by atoms with Crippen LogP contribution in [0.5, 0.6) is 5.75 Å². The molecule has 0 radical (unpaired) electrons. The summed E-state index contributed by atoms with van der Waals surface area (Å²) in [6, 6.07) is 12.5. The summed E-state index contributed by atoms with van der Waals surface area (Å²) < 4.78 is 33.2. The van der Waals surface area contributed by atoms with Gasteiger partial charge in [0.1, 0.15) is 5.75 Å². The van der Waals surface area contributed by atoms with Crippen molar-refractivity contribution < 1.29 is 22.7 Å².